The maximum absolute atomic E-state index is 14.2. The summed E-state index contributed by atoms with van der Waals surface area (Å²) in [6.45, 7) is 14.4. The van der Waals surface area contributed by atoms with Gasteiger partial charge in [0.15, 0.2) is 18.8 Å². The van der Waals surface area contributed by atoms with Crippen LogP contribution in [0.1, 0.15) is 87.6 Å². The third-order valence-electron chi connectivity index (χ3n) is 10.0. The van der Waals surface area contributed by atoms with Gasteiger partial charge in [-0.05, 0) is 55.9 Å². The zero-order valence-electron chi connectivity index (χ0n) is 27.5. The van der Waals surface area contributed by atoms with Crippen molar-refractivity contribution in [3.8, 4) is 0 Å². The topological polar surface area (TPSA) is 115 Å². The molecule has 4 aliphatic rings. The molecule has 1 aliphatic carbocycles. The molecule has 10 heteroatoms. The van der Waals surface area contributed by atoms with Crippen LogP contribution in [0.5, 0.6) is 0 Å². The maximum Gasteiger partial charge on any atom is 2.00 e. The van der Waals surface area contributed by atoms with Crippen LogP contribution in [-0.2, 0) is 25.4 Å². The molecule has 0 saturated carbocycles. The van der Waals surface area contributed by atoms with Crippen LogP contribution in [-0.4, -0.2) is 55.3 Å². The zero-order valence-corrected chi connectivity index (χ0v) is 28.9. The van der Waals surface area contributed by atoms with E-state index in [2.05, 4.69) is 31.9 Å². The normalized spacial score (nSPS) is 27.1. The molecule has 7 rings (SSSR count). The monoisotopic (exact) mass is 629 g/mol. The van der Waals surface area contributed by atoms with E-state index in [1.165, 1.54) is 7.11 Å². The number of rotatable bonds is 6. The molecule has 0 aromatic carbocycles. The first-order chi connectivity index (χ1) is 21.6. The van der Waals surface area contributed by atoms with E-state index in [1.54, 1.807) is 7.11 Å². The average Bonchev–Trinajstić information content (AvgIpc) is 3.26. The van der Waals surface area contributed by atoms with Gasteiger partial charge in [-0.1, -0.05) is 72.6 Å². The molecule has 0 spiro atoms. The number of hydrogen-bond donors (Lipinski definition) is 0. The van der Waals surface area contributed by atoms with E-state index in [9.17, 15) is 9.59 Å². The number of methoxy groups -OCH3 is 1. The number of fused-ring (bicyclic) bond motifs is 7. The first-order valence-electron chi connectivity index (χ1n) is 15.5. The van der Waals surface area contributed by atoms with E-state index in [1.807, 2.05) is 38.2 Å². The third kappa shape index (κ3) is 4.88. The molecule has 234 valence electrons. The van der Waals surface area contributed by atoms with E-state index in [-0.39, 0.29) is 53.1 Å². The Morgan fingerprint density at radius 1 is 1.04 bits per heavy atom. The largest absolute Gasteiger partial charge is 2.00 e. The van der Waals surface area contributed by atoms with Crippen LogP contribution in [0.25, 0.3) is 35.2 Å². The van der Waals surface area contributed by atoms with Crippen molar-refractivity contribution in [1.82, 2.24) is 15.0 Å². The Bertz CT molecular complexity index is 1990. The Morgan fingerprint density at radius 3 is 2.39 bits per heavy atom. The number of ketones is 1. The van der Waals surface area contributed by atoms with Crippen molar-refractivity contribution < 1.29 is 23.7 Å². The molecule has 0 amide bonds. The minimum absolute atomic E-state index is 0. The molecular formula is C36H37MgN4O5-. The number of esters is 1. The van der Waals surface area contributed by atoms with Crippen LogP contribution in [0.3, 0.4) is 0 Å². The molecule has 0 radical (unpaired) electrons. The maximum atomic E-state index is 14.2. The van der Waals surface area contributed by atoms with Crippen molar-refractivity contribution in [3.05, 3.63) is 90.1 Å². The van der Waals surface area contributed by atoms with Gasteiger partial charge in [-0.15, -0.1) is 33.5 Å². The quantitative estimate of drug-likeness (QED) is 0.134. The van der Waals surface area contributed by atoms with E-state index in [0.29, 0.717) is 17.7 Å². The van der Waals surface area contributed by atoms with Crippen molar-refractivity contribution in [2.75, 3.05) is 14.2 Å². The van der Waals surface area contributed by atoms with Gasteiger partial charge in [0.2, 0.25) is 0 Å². The Labute approximate surface area is 284 Å². The van der Waals surface area contributed by atoms with E-state index < -0.39 is 12.2 Å². The number of hydrogen-bond acceptors (Lipinski definition) is 4. The molecule has 3 aliphatic heterocycles. The molecule has 2 saturated heterocycles. The van der Waals surface area contributed by atoms with Gasteiger partial charge >= 0.3 is 35.3 Å². The van der Waals surface area contributed by atoms with E-state index in [0.717, 1.165) is 79.0 Å². The van der Waals surface area contributed by atoms with Gasteiger partial charge in [-0.25, -0.2) is 4.52 Å². The van der Waals surface area contributed by atoms with Gasteiger partial charge in [0, 0.05) is 12.0 Å². The van der Waals surface area contributed by atoms with Crippen molar-refractivity contribution in [2.24, 2.45) is 17.8 Å². The summed E-state index contributed by atoms with van der Waals surface area (Å²) in [7, 11) is 3.15. The van der Waals surface area contributed by atoms with Crippen molar-refractivity contribution in [1.29, 1.82) is 0 Å². The van der Waals surface area contributed by atoms with Crippen LogP contribution in [0.4, 0.5) is 0 Å². The standard InChI is InChI=1S/C36H38N4O5.Mg/c1-9-20-16(3)23-13-25-18(5)22(11-12-29(41)43-7)33(39-25)31-32(36-44-45(36)8)35(42)30-19(6)26(40-34(30)31)15-28-21(10-2)17(4)24(38-28)14-27(20)37-23;/h9,13-15,18,22,32,36H,1,10-12H2,2-8H3,(H-,39,40,42);/q-2;+2/p-1/b24-14-,25-13-,28-15-;/t18-,22-,32+,36?;/m0./s1. The number of ether oxygens (including phenoxy) is 1. The fourth-order valence-electron chi connectivity index (χ4n) is 7.35. The zero-order chi connectivity index (χ0) is 31.9. The summed E-state index contributed by atoms with van der Waals surface area (Å²) in [6.07, 6.45) is 8.98. The first kappa shape index (κ1) is 32.4. The molecule has 4 atom stereocenters. The Balaban J connectivity index is 0.00000372. The second-order valence-electron chi connectivity index (χ2n) is 12.4. The summed E-state index contributed by atoms with van der Waals surface area (Å²) < 4.78 is 7.58. The summed E-state index contributed by atoms with van der Waals surface area (Å²) in [5.74, 6) is -1.11. The molecule has 46 heavy (non-hydrogen) atoms. The van der Waals surface area contributed by atoms with E-state index >= 15 is 0 Å². The summed E-state index contributed by atoms with van der Waals surface area (Å²) in [5, 5.41) is 6.95. The van der Waals surface area contributed by atoms with Gasteiger partial charge in [-0.3, -0.25) is 9.59 Å². The Kier molecular flexibility index (Phi) is 8.37. The number of carbonyl (C=O) groups excluding carboxylic acids is 2. The minimum Gasteiger partial charge on any atom is -0.664 e. The Hall–Kier alpha value is -3.57. The van der Waals surface area contributed by atoms with Crippen molar-refractivity contribution in [3.63, 3.8) is 0 Å². The second-order valence-corrected chi connectivity index (χ2v) is 12.4. The Morgan fingerprint density at radius 2 is 1.74 bits per heavy atom. The van der Waals surface area contributed by atoms with Crippen LogP contribution < -0.4 is 25.7 Å². The van der Waals surface area contributed by atoms with Crippen molar-refractivity contribution in [2.45, 2.75) is 60.2 Å². The van der Waals surface area contributed by atoms with Crippen LogP contribution in [0.15, 0.2) is 18.0 Å². The molecule has 3 aromatic rings. The molecule has 6 heterocycles. The van der Waals surface area contributed by atoms with Crippen LogP contribution >= 0.6 is 0 Å². The average molecular weight is 630 g/mol. The van der Waals surface area contributed by atoms with Crippen LogP contribution in [0.2, 0.25) is 0 Å². The third-order valence-corrected chi connectivity index (χ3v) is 10.0. The molecule has 1 unspecified atom stereocenters. The molecule has 8 bridgehead atoms. The number of allylic oxidation sites excluding steroid dienone is 2. The second kappa shape index (κ2) is 11.9. The molecule has 2 fully saturated rings. The number of carbonyl (C=O) groups is 2. The predicted octanol–water partition coefficient (Wildman–Crippen LogP) is 3.89. The molecule has 0 N–H and O–H groups in total. The summed E-state index contributed by atoms with van der Waals surface area (Å²) in [6, 6.07) is 0. The summed E-state index contributed by atoms with van der Waals surface area (Å²) >= 11 is 0. The number of nitrogens with zero attached hydrogens (tertiary/aromatic N) is 4. The summed E-state index contributed by atoms with van der Waals surface area (Å²) in [5.41, 5.74) is 11.0. The van der Waals surface area contributed by atoms with E-state index in [4.69, 9.17) is 29.9 Å². The fourth-order valence-corrected chi connectivity index (χ4v) is 7.35. The van der Waals surface area contributed by atoms with Gasteiger partial charge < -0.3 is 25.0 Å². The summed E-state index contributed by atoms with van der Waals surface area (Å²) in [4.78, 5) is 47.5. The van der Waals surface area contributed by atoms with Crippen LogP contribution in [0, 0.1) is 38.5 Å². The number of Topliss-reactive ketones (excluding diaryl/α,β-unsaturated/α-hetero) is 1. The molecule has 9 nitrogen and oxygen atoms in total. The first-order valence-corrected chi connectivity index (χ1v) is 15.5. The van der Waals surface area contributed by atoms with Gasteiger partial charge in [-0.2, -0.15) is 11.4 Å². The van der Waals surface area contributed by atoms with Gasteiger partial charge in [0.25, 0.3) is 0 Å². The van der Waals surface area contributed by atoms with Crippen molar-refractivity contribution >= 4 is 64.7 Å². The molecular weight excluding hydrogens is 593 g/mol. The fraction of sp³-hybridized carbons (Fsp3) is 0.389. The SMILES string of the molecule is C=Cc1c2[n-]c(c1C)/C=C1\[N-]/C(=C3\c4[n-]c(c(C)c4C(=O)[C@@H]3C3O[O+]3C)/C=c3\[n-]/c(c(C)c3CC)=C\2)[C@@H](CCC(=O)OC)[C@@H]1C.[Mg+2]. The van der Waals surface area contributed by atoms with Gasteiger partial charge in [0.1, 0.15) is 0 Å². The molecule has 3 aromatic heterocycles. The predicted molar refractivity (Wildman–Crippen MR) is 177 cm³/mol. The minimum atomic E-state index is -0.598. The number of aromatic nitrogens is 3. The smallest absolute Gasteiger partial charge is 0.664 e. The van der Waals surface area contributed by atoms with Gasteiger partial charge in [0.05, 0.1) is 7.11 Å².